The number of nitrogens with zero attached hydrogens (tertiary/aromatic N) is 4. The molecule has 4 N–H and O–H groups in total. The first kappa shape index (κ1) is 30.4. The molecule has 0 atom stereocenters. The van der Waals surface area contributed by atoms with Crippen LogP contribution in [0.25, 0.3) is 11.5 Å². The molecule has 3 rings (SSSR count). The molecule has 40 heavy (non-hydrogen) atoms. The van der Waals surface area contributed by atoms with Crippen LogP contribution in [0, 0.1) is 13.8 Å². The topological polar surface area (TPSA) is 110 Å². The third kappa shape index (κ3) is 5.88. The number of aryl methyl sites for hydroxylation is 2. The number of aldehydes is 1. The van der Waals surface area contributed by atoms with Crippen LogP contribution in [-0.2, 0) is 6.54 Å². The number of hydrogen-bond donors (Lipinski definition) is 3. The van der Waals surface area contributed by atoms with Gasteiger partial charge in [0, 0.05) is 11.8 Å². The van der Waals surface area contributed by atoms with Crippen molar-refractivity contribution in [1.29, 1.82) is 0 Å². The summed E-state index contributed by atoms with van der Waals surface area (Å²) < 4.78 is 92.4. The Morgan fingerprint density at radius 1 is 1.18 bits per heavy atom. The Kier molecular flexibility index (Phi) is 8.48. The fraction of sp³-hybridized carbons (Fsp3) is 0.250. The van der Waals surface area contributed by atoms with Gasteiger partial charge >= 0.3 is 18.0 Å². The lowest BCUT2D eigenvalue weighted by Gasteiger charge is -2.27. The van der Waals surface area contributed by atoms with Gasteiger partial charge in [-0.3, -0.25) is 4.79 Å². The number of benzene rings is 1. The second kappa shape index (κ2) is 11.2. The predicted molar refractivity (Wildman–Crippen MR) is 135 cm³/mol. The number of anilines is 1. The Labute approximate surface area is 227 Å². The second-order valence-corrected chi connectivity index (χ2v) is 8.89. The molecule has 0 unspecified atom stereocenters. The third-order valence-corrected chi connectivity index (χ3v) is 5.75. The molecule has 214 valence electrons. The lowest BCUT2D eigenvalue weighted by Crippen LogP contribution is -2.58. The highest BCUT2D eigenvalue weighted by Gasteiger charge is 2.75. The molecule has 0 saturated carbocycles. The number of alkyl halides is 7. The molecule has 0 radical (unpaired) electrons. The van der Waals surface area contributed by atoms with Gasteiger partial charge in [-0.25, -0.2) is 9.67 Å². The van der Waals surface area contributed by atoms with Crippen LogP contribution in [0.3, 0.4) is 0 Å². The summed E-state index contributed by atoms with van der Waals surface area (Å²) in [7, 11) is 0. The molecule has 0 aliphatic heterocycles. The highest BCUT2D eigenvalue weighted by molar-refractivity contribution is 6.32. The Hall–Kier alpha value is -4.14. The Bertz CT molecular complexity index is 1470. The van der Waals surface area contributed by atoms with Crippen molar-refractivity contribution in [2.24, 2.45) is 10.8 Å². The lowest BCUT2D eigenvalue weighted by atomic mass is 10.0. The van der Waals surface area contributed by atoms with Crippen molar-refractivity contribution >= 4 is 35.1 Å². The fourth-order valence-electron chi connectivity index (χ4n) is 3.52. The molecule has 0 aliphatic rings. The van der Waals surface area contributed by atoms with E-state index >= 15 is 0 Å². The van der Waals surface area contributed by atoms with Crippen LogP contribution in [0.4, 0.5) is 36.4 Å². The van der Waals surface area contributed by atoms with E-state index in [4.69, 9.17) is 17.3 Å². The van der Waals surface area contributed by atoms with Crippen molar-refractivity contribution in [3.05, 3.63) is 76.2 Å². The summed E-state index contributed by atoms with van der Waals surface area (Å²) in [5.41, 5.74) is 9.47. The van der Waals surface area contributed by atoms with Gasteiger partial charge in [0.2, 0.25) is 0 Å². The standard InChI is InChI=1S/C24H21ClF7N7O/c1-12-7-13(2)19(15(8-12)11-40)36-14(3)18-9-16(38-39(18)20-17(25)5-4-6-34-20)10-35-37-21(33)22(26,27)23(28,29)24(30,31)32/h4-9,11,35-36H,3,10H2,1-2H3,(H2,33,37). The first-order valence-corrected chi connectivity index (χ1v) is 11.5. The van der Waals surface area contributed by atoms with Gasteiger partial charge < -0.3 is 16.5 Å². The minimum atomic E-state index is -6.57. The number of hydrazone groups is 1. The van der Waals surface area contributed by atoms with Crippen LogP contribution in [-0.4, -0.2) is 44.9 Å². The number of pyridine rings is 1. The minimum absolute atomic E-state index is 0.0263. The first-order valence-electron chi connectivity index (χ1n) is 11.1. The zero-order valence-corrected chi connectivity index (χ0v) is 21.5. The van der Waals surface area contributed by atoms with Crippen molar-refractivity contribution < 1.29 is 35.5 Å². The molecule has 3 aromatic rings. The van der Waals surface area contributed by atoms with Crippen LogP contribution in [0.2, 0.25) is 5.02 Å². The molecule has 2 aromatic heterocycles. The molecule has 0 bridgehead atoms. The maximum Gasteiger partial charge on any atom is 0.460 e. The number of hydrogen-bond acceptors (Lipinski definition) is 6. The molecular formula is C24H21ClF7N7O. The Morgan fingerprint density at radius 2 is 1.85 bits per heavy atom. The second-order valence-electron chi connectivity index (χ2n) is 8.49. The van der Waals surface area contributed by atoms with Crippen LogP contribution in [0.1, 0.15) is 32.9 Å². The van der Waals surface area contributed by atoms with Gasteiger partial charge in [-0.05, 0) is 43.7 Å². The van der Waals surface area contributed by atoms with Gasteiger partial charge in [0.1, 0.15) is 0 Å². The highest BCUT2D eigenvalue weighted by atomic mass is 35.5. The van der Waals surface area contributed by atoms with Crippen LogP contribution >= 0.6 is 11.6 Å². The molecule has 0 aliphatic carbocycles. The van der Waals surface area contributed by atoms with E-state index in [1.165, 1.54) is 23.0 Å². The van der Waals surface area contributed by atoms with Crippen molar-refractivity contribution in [2.45, 2.75) is 38.4 Å². The van der Waals surface area contributed by atoms with Gasteiger partial charge in [-0.1, -0.05) is 29.8 Å². The SMILES string of the molecule is C=C(Nc1c(C)cc(C)cc1C=O)c1cc(CN/N=C(\N)C(F)(F)C(F)(F)C(F)(F)F)nn1-c1ncccc1Cl. The molecule has 0 amide bonds. The fourth-order valence-corrected chi connectivity index (χ4v) is 3.72. The Balaban J connectivity index is 1.95. The van der Waals surface area contributed by atoms with Gasteiger partial charge in [0.25, 0.3) is 0 Å². The number of aromatic nitrogens is 3. The predicted octanol–water partition coefficient (Wildman–Crippen LogP) is 5.63. The summed E-state index contributed by atoms with van der Waals surface area (Å²) in [5.74, 6) is -14.5. The van der Waals surface area contributed by atoms with Crippen LogP contribution in [0.15, 0.2) is 48.2 Å². The number of carbonyl (C=O) groups is 1. The summed E-state index contributed by atoms with van der Waals surface area (Å²) in [4.78, 5) is 15.8. The highest BCUT2D eigenvalue weighted by Crippen LogP contribution is 2.46. The minimum Gasteiger partial charge on any atom is -0.380 e. The number of rotatable bonds is 10. The maximum absolute atomic E-state index is 13.7. The van der Waals surface area contributed by atoms with Gasteiger partial charge in [-0.15, -0.1) is 0 Å². The smallest absolute Gasteiger partial charge is 0.380 e. The number of nitrogens with one attached hydrogen (secondary N) is 2. The molecule has 1 aromatic carbocycles. The van der Waals surface area contributed by atoms with E-state index in [-0.39, 0.29) is 27.9 Å². The van der Waals surface area contributed by atoms with Crippen LogP contribution < -0.4 is 16.5 Å². The Morgan fingerprint density at radius 3 is 2.45 bits per heavy atom. The van der Waals surface area contributed by atoms with E-state index in [0.29, 0.717) is 23.1 Å². The van der Waals surface area contributed by atoms with E-state index in [1.54, 1.807) is 19.1 Å². The third-order valence-electron chi connectivity index (χ3n) is 5.45. The van der Waals surface area contributed by atoms with Crippen molar-refractivity contribution in [3.8, 4) is 5.82 Å². The average Bonchev–Trinajstić information content (AvgIpc) is 3.28. The molecule has 8 nitrogen and oxygen atoms in total. The normalized spacial score (nSPS) is 12.8. The van der Waals surface area contributed by atoms with Gasteiger partial charge in [0.15, 0.2) is 17.9 Å². The van der Waals surface area contributed by atoms with Gasteiger partial charge in [0.05, 0.1) is 34.3 Å². The number of carbonyl (C=O) groups excluding carboxylic acids is 1. The van der Waals surface area contributed by atoms with E-state index in [1.807, 2.05) is 18.4 Å². The van der Waals surface area contributed by atoms with E-state index in [0.717, 1.165) is 5.56 Å². The zero-order valence-electron chi connectivity index (χ0n) is 20.8. The summed E-state index contributed by atoms with van der Waals surface area (Å²) in [6.45, 7) is 6.99. The molecule has 0 spiro atoms. The molecular weight excluding hydrogens is 571 g/mol. The monoisotopic (exact) mass is 591 g/mol. The van der Waals surface area contributed by atoms with Crippen molar-refractivity contribution in [1.82, 2.24) is 20.2 Å². The van der Waals surface area contributed by atoms with E-state index in [2.05, 4.69) is 27.1 Å². The summed E-state index contributed by atoms with van der Waals surface area (Å²) in [6.07, 6.45) is -4.51. The van der Waals surface area contributed by atoms with Gasteiger partial charge in [-0.2, -0.15) is 40.9 Å². The van der Waals surface area contributed by atoms with Crippen molar-refractivity contribution in [3.63, 3.8) is 0 Å². The number of amidine groups is 1. The molecule has 16 heteroatoms. The van der Waals surface area contributed by atoms with Crippen molar-refractivity contribution in [2.75, 3.05) is 5.32 Å². The van der Waals surface area contributed by atoms with E-state index < -0.39 is 30.4 Å². The summed E-state index contributed by atoms with van der Waals surface area (Å²) in [5, 5.41) is 10.2. The van der Waals surface area contributed by atoms with Crippen LogP contribution in [0.5, 0.6) is 0 Å². The zero-order chi connectivity index (χ0) is 30.0. The largest absolute Gasteiger partial charge is 0.460 e. The summed E-state index contributed by atoms with van der Waals surface area (Å²) >= 11 is 6.25. The summed E-state index contributed by atoms with van der Waals surface area (Å²) in [6, 6.07) is 7.90. The molecule has 0 saturated heterocycles. The number of nitrogens with two attached hydrogens (primary N) is 1. The number of halogens is 8. The first-order chi connectivity index (χ1) is 18.5. The quantitative estimate of drug-likeness (QED) is 0.0927. The average molecular weight is 592 g/mol. The molecule has 0 fully saturated rings. The molecule has 2 heterocycles. The van der Waals surface area contributed by atoms with E-state index in [9.17, 15) is 35.5 Å². The lowest BCUT2D eigenvalue weighted by molar-refractivity contribution is -0.336. The maximum atomic E-state index is 13.7.